The smallest absolute Gasteiger partial charge is 0.259 e. The highest BCUT2D eigenvalue weighted by atomic mass is 19.1. The molecule has 0 bridgehead atoms. The van der Waals surface area contributed by atoms with E-state index in [1.165, 1.54) is 29.8 Å². The summed E-state index contributed by atoms with van der Waals surface area (Å²) in [7, 11) is 0. The minimum atomic E-state index is -0.397. The number of aromatic nitrogens is 2. The van der Waals surface area contributed by atoms with E-state index in [4.69, 9.17) is 0 Å². The van der Waals surface area contributed by atoms with Crippen LogP contribution in [0.25, 0.3) is 16.6 Å². The third-order valence-electron chi connectivity index (χ3n) is 6.10. The SMILES string of the molecule is CC1=CC=C(N2CCN(Cc3cc4[nH]c(=O)c5cc(F)ccc5n4c3)CC2)CC1. The van der Waals surface area contributed by atoms with E-state index in [2.05, 4.69) is 40.1 Å². The van der Waals surface area contributed by atoms with Crippen molar-refractivity contribution in [2.24, 2.45) is 0 Å². The summed E-state index contributed by atoms with van der Waals surface area (Å²) in [6.07, 6.45) is 8.89. The van der Waals surface area contributed by atoms with E-state index in [1.54, 1.807) is 6.07 Å². The van der Waals surface area contributed by atoms with Gasteiger partial charge >= 0.3 is 0 Å². The first-order chi connectivity index (χ1) is 14.1. The molecule has 3 heterocycles. The number of fused-ring (bicyclic) bond motifs is 3. The number of rotatable bonds is 3. The Morgan fingerprint density at radius 1 is 1.07 bits per heavy atom. The average Bonchev–Trinajstić information content (AvgIpc) is 3.11. The van der Waals surface area contributed by atoms with Gasteiger partial charge in [-0.05, 0) is 55.7 Å². The van der Waals surface area contributed by atoms with Gasteiger partial charge in [-0.15, -0.1) is 0 Å². The quantitative estimate of drug-likeness (QED) is 0.740. The summed E-state index contributed by atoms with van der Waals surface area (Å²) in [4.78, 5) is 20.1. The van der Waals surface area contributed by atoms with Crippen molar-refractivity contribution in [3.05, 3.63) is 75.6 Å². The summed E-state index contributed by atoms with van der Waals surface area (Å²) >= 11 is 0. The molecule has 2 aliphatic rings. The maximum Gasteiger partial charge on any atom is 0.259 e. The molecule has 6 heteroatoms. The van der Waals surface area contributed by atoms with Crippen LogP contribution in [-0.4, -0.2) is 45.4 Å². The summed E-state index contributed by atoms with van der Waals surface area (Å²) in [6.45, 7) is 7.18. The Bertz CT molecular complexity index is 1190. The van der Waals surface area contributed by atoms with E-state index >= 15 is 0 Å². The number of allylic oxidation sites excluding steroid dienone is 4. The molecular formula is C23H25FN4O. The Balaban J connectivity index is 1.33. The van der Waals surface area contributed by atoms with Crippen LogP contribution in [0.1, 0.15) is 25.3 Å². The standard InChI is InChI=1S/C23H25FN4O/c1-16-2-5-19(6-3-16)27-10-8-26(9-11-27)14-17-12-22-25-23(29)20-13-18(24)4-7-21(20)28(22)15-17/h2,4-5,7,12-13,15H,3,6,8-11,14H2,1H3,(H,25,29). The van der Waals surface area contributed by atoms with Gasteiger partial charge in [0.25, 0.3) is 5.56 Å². The molecule has 29 heavy (non-hydrogen) atoms. The molecule has 0 amide bonds. The second kappa shape index (κ2) is 7.19. The van der Waals surface area contributed by atoms with Gasteiger partial charge in [-0.1, -0.05) is 11.6 Å². The number of H-pyrrole nitrogens is 1. The van der Waals surface area contributed by atoms with Gasteiger partial charge in [-0.25, -0.2) is 4.39 Å². The first kappa shape index (κ1) is 18.2. The van der Waals surface area contributed by atoms with Crippen molar-refractivity contribution in [3.8, 4) is 0 Å². The van der Waals surface area contributed by atoms with Crippen molar-refractivity contribution < 1.29 is 4.39 Å². The molecule has 1 aliphatic carbocycles. The fourth-order valence-electron chi connectivity index (χ4n) is 4.43. The minimum absolute atomic E-state index is 0.254. The molecule has 0 atom stereocenters. The lowest BCUT2D eigenvalue weighted by Crippen LogP contribution is -2.45. The largest absolute Gasteiger partial charge is 0.372 e. The van der Waals surface area contributed by atoms with Crippen molar-refractivity contribution in [2.45, 2.75) is 26.3 Å². The maximum atomic E-state index is 13.5. The van der Waals surface area contributed by atoms with Gasteiger partial charge in [0, 0.05) is 44.6 Å². The summed E-state index contributed by atoms with van der Waals surface area (Å²) in [5.74, 6) is -0.397. The lowest BCUT2D eigenvalue weighted by molar-refractivity contribution is 0.149. The van der Waals surface area contributed by atoms with E-state index in [-0.39, 0.29) is 5.56 Å². The number of nitrogens with zero attached hydrogens (tertiary/aromatic N) is 3. The first-order valence-electron chi connectivity index (χ1n) is 10.2. The average molecular weight is 392 g/mol. The van der Waals surface area contributed by atoms with E-state index in [0.717, 1.165) is 55.9 Å². The van der Waals surface area contributed by atoms with E-state index < -0.39 is 5.82 Å². The number of benzene rings is 1. The molecule has 0 saturated carbocycles. The summed E-state index contributed by atoms with van der Waals surface area (Å²) < 4.78 is 15.5. The molecule has 0 radical (unpaired) electrons. The Labute approximate surface area is 168 Å². The van der Waals surface area contributed by atoms with Crippen molar-refractivity contribution >= 4 is 16.6 Å². The van der Waals surface area contributed by atoms with E-state index in [1.807, 2.05) is 10.5 Å². The molecule has 0 spiro atoms. The van der Waals surface area contributed by atoms with Crippen LogP contribution in [0.15, 0.2) is 58.7 Å². The molecular weight excluding hydrogens is 367 g/mol. The number of halogens is 1. The first-order valence-corrected chi connectivity index (χ1v) is 10.2. The van der Waals surface area contributed by atoms with Crippen LogP contribution in [0.3, 0.4) is 0 Å². The van der Waals surface area contributed by atoms with Crippen molar-refractivity contribution in [1.82, 2.24) is 19.2 Å². The second-order valence-corrected chi connectivity index (χ2v) is 8.15. The lowest BCUT2D eigenvalue weighted by Gasteiger charge is -2.38. The second-order valence-electron chi connectivity index (χ2n) is 8.15. The predicted octanol–water partition coefficient (Wildman–Crippen LogP) is 3.66. The molecule has 0 unspecified atom stereocenters. The minimum Gasteiger partial charge on any atom is -0.372 e. The number of nitrogens with one attached hydrogen (secondary N) is 1. The van der Waals surface area contributed by atoms with Gasteiger partial charge in [0.15, 0.2) is 0 Å². The Morgan fingerprint density at radius 2 is 1.90 bits per heavy atom. The fourth-order valence-corrected chi connectivity index (χ4v) is 4.43. The maximum absolute atomic E-state index is 13.5. The number of piperazine rings is 1. The highest BCUT2D eigenvalue weighted by Gasteiger charge is 2.20. The fraction of sp³-hybridized carbons (Fsp3) is 0.348. The number of hydrogen-bond acceptors (Lipinski definition) is 3. The number of aromatic amines is 1. The van der Waals surface area contributed by atoms with Crippen LogP contribution in [0.4, 0.5) is 4.39 Å². The van der Waals surface area contributed by atoms with Crippen molar-refractivity contribution in [3.63, 3.8) is 0 Å². The van der Waals surface area contributed by atoms with Crippen LogP contribution >= 0.6 is 0 Å². The van der Waals surface area contributed by atoms with Gasteiger partial charge in [-0.2, -0.15) is 0 Å². The van der Waals surface area contributed by atoms with E-state index in [9.17, 15) is 9.18 Å². The topological polar surface area (TPSA) is 43.8 Å². The van der Waals surface area contributed by atoms with Gasteiger partial charge < -0.3 is 14.3 Å². The van der Waals surface area contributed by atoms with Crippen LogP contribution in [0.2, 0.25) is 0 Å². The lowest BCUT2D eigenvalue weighted by atomic mass is 10.0. The molecule has 2 aromatic heterocycles. The third kappa shape index (κ3) is 3.49. The normalized spacial score (nSPS) is 18.3. The molecule has 3 aromatic rings. The van der Waals surface area contributed by atoms with Gasteiger partial charge in [0.05, 0.1) is 10.9 Å². The predicted molar refractivity (Wildman–Crippen MR) is 113 cm³/mol. The summed E-state index contributed by atoms with van der Waals surface area (Å²) in [5, 5.41) is 0.373. The van der Waals surface area contributed by atoms with Crippen LogP contribution in [0, 0.1) is 5.82 Å². The zero-order valence-electron chi connectivity index (χ0n) is 16.6. The molecule has 1 fully saturated rings. The third-order valence-corrected chi connectivity index (χ3v) is 6.10. The highest BCUT2D eigenvalue weighted by Crippen LogP contribution is 2.23. The highest BCUT2D eigenvalue weighted by molar-refractivity contribution is 5.80. The zero-order chi connectivity index (χ0) is 20.0. The summed E-state index contributed by atoms with van der Waals surface area (Å²) in [5.41, 5.74) is 5.30. The van der Waals surface area contributed by atoms with Gasteiger partial charge in [0.1, 0.15) is 11.5 Å². The summed E-state index contributed by atoms with van der Waals surface area (Å²) in [6, 6.07) is 6.39. The molecule has 1 aliphatic heterocycles. The van der Waals surface area contributed by atoms with Crippen molar-refractivity contribution in [2.75, 3.05) is 26.2 Å². The van der Waals surface area contributed by atoms with Crippen LogP contribution in [-0.2, 0) is 6.54 Å². The van der Waals surface area contributed by atoms with Gasteiger partial charge in [-0.3, -0.25) is 9.69 Å². The number of hydrogen-bond donors (Lipinski definition) is 1. The Kier molecular flexibility index (Phi) is 4.51. The molecule has 150 valence electrons. The van der Waals surface area contributed by atoms with Crippen LogP contribution in [0.5, 0.6) is 0 Å². The Hall–Kier alpha value is -2.86. The molecule has 1 saturated heterocycles. The monoisotopic (exact) mass is 392 g/mol. The molecule has 5 nitrogen and oxygen atoms in total. The van der Waals surface area contributed by atoms with Crippen LogP contribution < -0.4 is 5.56 Å². The molecule has 1 N–H and O–H groups in total. The molecule has 1 aromatic carbocycles. The Morgan fingerprint density at radius 3 is 2.66 bits per heavy atom. The van der Waals surface area contributed by atoms with Gasteiger partial charge in [0.2, 0.25) is 0 Å². The van der Waals surface area contributed by atoms with E-state index in [0.29, 0.717) is 5.39 Å². The molecule has 5 rings (SSSR count). The van der Waals surface area contributed by atoms with Crippen molar-refractivity contribution in [1.29, 1.82) is 0 Å². The zero-order valence-corrected chi connectivity index (χ0v) is 16.6.